The van der Waals surface area contributed by atoms with Crippen molar-refractivity contribution in [3.05, 3.63) is 0 Å². The van der Waals surface area contributed by atoms with E-state index in [9.17, 15) is 14.7 Å². The minimum Gasteiger partial charge on any atom is -0.466 e. The third-order valence-electron chi connectivity index (χ3n) is 2.46. The highest BCUT2D eigenvalue weighted by molar-refractivity contribution is 5.76. The highest BCUT2D eigenvalue weighted by Crippen LogP contribution is 2.22. The zero-order valence-electron chi connectivity index (χ0n) is 12.4. The molecular formula is C13H25NO5. The van der Waals surface area contributed by atoms with Gasteiger partial charge < -0.3 is 19.9 Å². The molecular weight excluding hydrogens is 250 g/mol. The number of nitrogens with one attached hydrogen (secondary N) is 1. The lowest BCUT2D eigenvalue weighted by Crippen LogP contribution is -2.39. The van der Waals surface area contributed by atoms with Crippen LogP contribution < -0.4 is 5.32 Å². The summed E-state index contributed by atoms with van der Waals surface area (Å²) in [5, 5.41) is 11.8. The Labute approximate surface area is 114 Å². The number of aliphatic hydroxyl groups is 1. The van der Waals surface area contributed by atoms with Crippen molar-refractivity contribution in [3.63, 3.8) is 0 Å². The lowest BCUT2D eigenvalue weighted by molar-refractivity contribution is -0.157. The van der Waals surface area contributed by atoms with Crippen LogP contribution in [0.1, 0.15) is 41.0 Å². The van der Waals surface area contributed by atoms with Crippen LogP contribution in [0.2, 0.25) is 0 Å². The van der Waals surface area contributed by atoms with E-state index in [-0.39, 0.29) is 26.2 Å². The van der Waals surface area contributed by atoms with Crippen molar-refractivity contribution in [1.82, 2.24) is 5.32 Å². The van der Waals surface area contributed by atoms with Gasteiger partial charge in [-0.2, -0.15) is 0 Å². The van der Waals surface area contributed by atoms with E-state index in [4.69, 9.17) is 9.47 Å². The first kappa shape index (κ1) is 17.7. The predicted octanol–water partition coefficient (Wildman–Crippen LogP) is 1.46. The Morgan fingerprint density at radius 1 is 1.21 bits per heavy atom. The standard InChI is InChI=1S/C13H25NO5/c1-6-18-10(16)13(5,9-15)7-8-14-11(17)19-12(2,3)4/h15H,6-9H2,1-5H3,(H,14,17). The molecule has 0 spiro atoms. The van der Waals surface area contributed by atoms with Crippen LogP contribution in [0.3, 0.4) is 0 Å². The Morgan fingerprint density at radius 3 is 2.21 bits per heavy atom. The molecule has 0 fully saturated rings. The molecule has 0 aliphatic heterocycles. The molecule has 0 bridgehead atoms. The number of carbonyl (C=O) groups excluding carboxylic acids is 2. The molecule has 0 aliphatic rings. The second-order valence-corrected chi connectivity index (χ2v) is 5.62. The molecule has 1 atom stereocenters. The Bertz CT molecular complexity index is 311. The van der Waals surface area contributed by atoms with Crippen LogP contribution in [0.4, 0.5) is 4.79 Å². The highest BCUT2D eigenvalue weighted by Gasteiger charge is 2.34. The van der Waals surface area contributed by atoms with E-state index in [1.807, 2.05) is 0 Å². The number of amides is 1. The van der Waals surface area contributed by atoms with Gasteiger partial charge in [-0.1, -0.05) is 0 Å². The monoisotopic (exact) mass is 275 g/mol. The van der Waals surface area contributed by atoms with Gasteiger partial charge in [0.25, 0.3) is 0 Å². The van der Waals surface area contributed by atoms with Gasteiger partial charge in [0.05, 0.1) is 18.6 Å². The van der Waals surface area contributed by atoms with E-state index < -0.39 is 23.1 Å². The summed E-state index contributed by atoms with van der Waals surface area (Å²) in [6, 6.07) is 0. The second-order valence-electron chi connectivity index (χ2n) is 5.62. The highest BCUT2D eigenvalue weighted by atomic mass is 16.6. The number of carbonyl (C=O) groups is 2. The van der Waals surface area contributed by atoms with Gasteiger partial charge in [0, 0.05) is 6.54 Å². The average Bonchev–Trinajstić information content (AvgIpc) is 2.26. The van der Waals surface area contributed by atoms with Gasteiger partial charge in [-0.15, -0.1) is 0 Å². The summed E-state index contributed by atoms with van der Waals surface area (Å²) in [4.78, 5) is 23.1. The Balaban J connectivity index is 4.22. The van der Waals surface area contributed by atoms with Gasteiger partial charge in [-0.25, -0.2) is 4.79 Å². The molecule has 0 radical (unpaired) electrons. The van der Waals surface area contributed by atoms with E-state index in [1.54, 1.807) is 34.6 Å². The van der Waals surface area contributed by atoms with Gasteiger partial charge >= 0.3 is 12.1 Å². The molecule has 0 saturated carbocycles. The quantitative estimate of drug-likeness (QED) is 0.717. The summed E-state index contributed by atoms with van der Waals surface area (Å²) in [6.45, 7) is 8.76. The molecule has 0 rings (SSSR count). The van der Waals surface area contributed by atoms with Crippen LogP contribution in [-0.4, -0.2) is 42.5 Å². The van der Waals surface area contributed by atoms with Crippen LogP contribution in [0.15, 0.2) is 0 Å². The molecule has 6 nitrogen and oxygen atoms in total. The van der Waals surface area contributed by atoms with E-state index in [1.165, 1.54) is 0 Å². The summed E-state index contributed by atoms with van der Waals surface area (Å²) in [5.41, 5.74) is -1.57. The smallest absolute Gasteiger partial charge is 0.407 e. The number of rotatable bonds is 6. The molecule has 2 N–H and O–H groups in total. The summed E-state index contributed by atoms with van der Waals surface area (Å²) >= 11 is 0. The van der Waals surface area contributed by atoms with Crippen LogP contribution in [0.5, 0.6) is 0 Å². The third kappa shape index (κ3) is 7.00. The number of hydrogen-bond acceptors (Lipinski definition) is 5. The maximum atomic E-state index is 11.7. The minimum absolute atomic E-state index is 0.227. The Hall–Kier alpha value is -1.30. The maximum absolute atomic E-state index is 11.7. The minimum atomic E-state index is -1.01. The number of esters is 1. The first-order chi connectivity index (χ1) is 8.64. The second kappa shape index (κ2) is 7.33. The number of ether oxygens (including phenoxy) is 2. The number of alkyl carbamates (subject to hydrolysis) is 1. The van der Waals surface area contributed by atoms with Gasteiger partial charge in [0.1, 0.15) is 5.60 Å². The fourth-order valence-electron chi connectivity index (χ4n) is 1.31. The van der Waals surface area contributed by atoms with Crippen molar-refractivity contribution in [2.24, 2.45) is 5.41 Å². The molecule has 0 aliphatic carbocycles. The molecule has 0 aromatic carbocycles. The van der Waals surface area contributed by atoms with Crippen LogP contribution in [0.25, 0.3) is 0 Å². The molecule has 0 heterocycles. The van der Waals surface area contributed by atoms with Crippen LogP contribution >= 0.6 is 0 Å². The Kier molecular flexibility index (Phi) is 6.83. The zero-order chi connectivity index (χ0) is 15.1. The van der Waals surface area contributed by atoms with E-state index in [0.29, 0.717) is 0 Å². The fourth-order valence-corrected chi connectivity index (χ4v) is 1.31. The van der Waals surface area contributed by atoms with Crippen LogP contribution in [0, 0.1) is 5.41 Å². The maximum Gasteiger partial charge on any atom is 0.407 e. The fraction of sp³-hybridized carbons (Fsp3) is 0.846. The summed E-state index contributed by atoms with van der Waals surface area (Å²) in [5.74, 6) is -0.469. The van der Waals surface area contributed by atoms with E-state index in [0.717, 1.165) is 0 Å². The molecule has 0 aromatic heterocycles. The number of aliphatic hydroxyl groups excluding tert-OH is 1. The van der Waals surface area contributed by atoms with Crippen molar-refractivity contribution < 1.29 is 24.2 Å². The van der Waals surface area contributed by atoms with Gasteiger partial charge in [0.15, 0.2) is 0 Å². The van der Waals surface area contributed by atoms with Gasteiger partial charge in [0.2, 0.25) is 0 Å². The lowest BCUT2D eigenvalue weighted by atomic mass is 9.88. The molecule has 19 heavy (non-hydrogen) atoms. The van der Waals surface area contributed by atoms with E-state index in [2.05, 4.69) is 5.32 Å². The van der Waals surface area contributed by atoms with Crippen molar-refractivity contribution in [1.29, 1.82) is 0 Å². The van der Waals surface area contributed by atoms with Gasteiger partial charge in [-0.3, -0.25) is 4.79 Å². The lowest BCUT2D eigenvalue weighted by Gasteiger charge is -2.25. The topological polar surface area (TPSA) is 84.9 Å². The molecule has 1 unspecified atom stereocenters. The number of hydrogen-bond donors (Lipinski definition) is 2. The van der Waals surface area contributed by atoms with Crippen molar-refractivity contribution in [2.45, 2.75) is 46.6 Å². The molecule has 0 aromatic rings. The van der Waals surface area contributed by atoms with Gasteiger partial charge in [-0.05, 0) is 41.0 Å². The SMILES string of the molecule is CCOC(=O)C(C)(CO)CCNC(=O)OC(C)(C)C. The first-order valence-electron chi connectivity index (χ1n) is 6.39. The van der Waals surface area contributed by atoms with Crippen molar-refractivity contribution >= 4 is 12.1 Å². The van der Waals surface area contributed by atoms with Crippen LogP contribution in [-0.2, 0) is 14.3 Å². The molecule has 112 valence electrons. The van der Waals surface area contributed by atoms with Crippen molar-refractivity contribution in [2.75, 3.05) is 19.8 Å². The molecule has 0 saturated heterocycles. The molecule has 6 heteroatoms. The normalized spacial score (nSPS) is 14.4. The molecule has 1 amide bonds. The van der Waals surface area contributed by atoms with E-state index >= 15 is 0 Å². The Morgan fingerprint density at radius 2 is 1.79 bits per heavy atom. The summed E-state index contributed by atoms with van der Waals surface area (Å²) in [7, 11) is 0. The average molecular weight is 275 g/mol. The van der Waals surface area contributed by atoms with Crippen molar-refractivity contribution in [3.8, 4) is 0 Å². The first-order valence-corrected chi connectivity index (χ1v) is 6.39. The summed E-state index contributed by atoms with van der Waals surface area (Å²) in [6.07, 6.45) is -0.265. The zero-order valence-corrected chi connectivity index (χ0v) is 12.4. The summed E-state index contributed by atoms with van der Waals surface area (Å²) < 4.78 is 9.96. The predicted molar refractivity (Wildman–Crippen MR) is 70.7 cm³/mol. The largest absolute Gasteiger partial charge is 0.466 e. The third-order valence-corrected chi connectivity index (χ3v) is 2.46.